The Morgan fingerprint density at radius 3 is 1.62 bits per heavy atom. The molecule has 510 valence electrons. The zero-order valence-electron chi connectivity index (χ0n) is 52.3. The zero-order chi connectivity index (χ0) is 65.7. The van der Waals surface area contributed by atoms with Crippen LogP contribution in [0.2, 0.25) is 0 Å². The summed E-state index contributed by atoms with van der Waals surface area (Å²) in [7, 11) is -4.82. The average molecular weight is 1350 g/mol. The normalized spacial score (nSPS) is 20.8. The van der Waals surface area contributed by atoms with Crippen molar-refractivity contribution in [2.75, 3.05) is 77.5 Å². The fourth-order valence-corrected chi connectivity index (χ4v) is 15.1. The topological polar surface area (TPSA) is 393 Å². The van der Waals surface area contributed by atoms with Crippen LogP contribution in [0.3, 0.4) is 0 Å². The predicted molar refractivity (Wildman–Crippen MR) is 342 cm³/mol. The van der Waals surface area contributed by atoms with Gasteiger partial charge in [0.1, 0.15) is 28.8 Å². The lowest BCUT2D eigenvalue weighted by Gasteiger charge is -2.14. The van der Waals surface area contributed by atoms with Crippen molar-refractivity contribution in [2.24, 2.45) is 21.5 Å². The second kappa shape index (κ2) is 39.1. The van der Waals surface area contributed by atoms with Crippen molar-refractivity contribution < 1.29 is 79.8 Å². The molecule has 2 aromatic rings. The number of rotatable bonds is 49. The lowest BCUT2D eigenvalue weighted by Crippen LogP contribution is -2.38. The monoisotopic (exact) mass is 1350 g/mol. The number of hydrogen-bond acceptors (Lipinski definition) is 26. The van der Waals surface area contributed by atoms with Crippen molar-refractivity contribution in [3.05, 3.63) is 46.8 Å². The number of nitrogens with zero attached hydrogens (tertiary/aromatic N) is 6. The number of hydroxylamine groups is 2. The van der Waals surface area contributed by atoms with Crippen molar-refractivity contribution in [2.45, 2.75) is 194 Å². The van der Waals surface area contributed by atoms with Gasteiger partial charge in [-0.3, -0.25) is 38.1 Å². The number of Topliss-reactive ketones (excluding diaryl/α,β-unsaturated/α-hetero) is 4. The summed E-state index contributed by atoms with van der Waals surface area (Å²) in [6.07, 6.45) is 13.6. The van der Waals surface area contributed by atoms with Crippen LogP contribution in [0.4, 0.5) is 0 Å². The van der Waals surface area contributed by atoms with Gasteiger partial charge >= 0.3 is 5.97 Å². The van der Waals surface area contributed by atoms with Gasteiger partial charge in [-0.15, -0.1) is 10.2 Å². The third kappa shape index (κ3) is 25.8. The fourth-order valence-electron chi connectivity index (χ4n) is 11.4. The molecule has 0 saturated carbocycles. The number of imide groups is 1. The number of nitrogens with one attached hydrogen (secondary N) is 3. The standard InChI is InChI=1S/C61H91N11O17S3/c62-60-65-49-39-90-51(56(49)67-60)17-9-7-13-45(73)11-3-1-5-15-47(75)34-41-31-42(35-48(76)16-6-2-4-12-46(74)14-8-10-18-52-57-50(40-91-52)66-61(63)68-57)33-43(32-41)58(79)64-20-23-88-38-44-37-71(70-69-44)21-24-85-26-28-87-30-29-86-27-25-84-22-19-55(78)89-72-54(77)36-53(59(72)80)92(81,82)83/h31-33,37,49-53,56-57H,1-30,34-36,38-40H2,(H,64,79)(H3,62,65,67)(H3,63,66,68)(H,81,82,83). The van der Waals surface area contributed by atoms with E-state index in [-0.39, 0.29) is 118 Å². The van der Waals surface area contributed by atoms with Gasteiger partial charge in [-0.25, -0.2) is 19.5 Å². The molecule has 3 fully saturated rings. The van der Waals surface area contributed by atoms with Gasteiger partial charge in [0.25, 0.3) is 27.8 Å². The highest BCUT2D eigenvalue weighted by Gasteiger charge is 2.48. The van der Waals surface area contributed by atoms with E-state index in [1.54, 1.807) is 23.0 Å². The first kappa shape index (κ1) is 73.5. The molecule has 7 rings (SSSR count). The Labute approximate surface area is 545 Å². The molecule has 5 aliphatic heterocycles. The number of aromatic nitrogens is 3. The Kier molecular flexibility index (Phi) is 31.2. The summed E-state index contributed by atoms with van der Waals surface area (Å²) in [4.78, 5) is 115. The molecule has 1 aromatic carbocycles. The lowest BCUT2D eigenvalue weighted by atomic mass is 9.96. The summed E-state index contributed by atoms with van der Waals surface area (Å²) in [5, 5.41) is 16.5. The van der Waals surface area contributed by atoms with Crippen LogP contribution in [0.5, 0.6) is 0 Å². The van der Waals surface area contributed by atoms with Crippen LogP contribution in [0.1, 0.15) is 156 Å². The first-order valence-electron chi connectivity index (χ1n) is 32.1. The number of ketones is 4. The molecule has 7 unspecified atom stereocenters. The molecular weight excluding hydrogens is 1250 g/mol. The minimum absolute atomic E-state index is 0.0163. The number of carbonyl (C=O) groups is 8. The summed E-state index contributed by atoms with van der Waals surface area (Å²) in [5.41, 5.74) is 14.0. The minimum atomic E-state index is -4.82. The molecule has 0 aliphatic carbocycles. The minimum Gasteiger partial charge on any atom is -0.378 e. The van der Waals surface area contributed by atoms with E-state index >= 15 is 0 Å². The van der Waals surface area contributed by atoms with Gasteiger partial charge in [-0.05, 0) is 74.6 Å². The molecule has 0 spiro atoms. The van der Waals surface area contributed by atoms with Gasteiger partial charge in [0.15, 0.2) is 17.2 Å². The molecular formula is C61H91N11O17S3. The van der Waals surface area contributed by atoms with Crippen LogP contribution in [-0.2, 0) is 98.2 Å². The number of carbonyl (C=O) groups excluding carboxylic acids is 8. The smallest absolute Gasteiger partial charge is 0.335 e. The highest BCUT2D eigenvalue weighted by Crippen LogP contribution is 2.36. The molecule has 3 amide bonds. The van der Waals surface area contributed by atoms with E-state index in [0.717, 1.165) is 75.7 Å². The van der Waals surface area contributed by atoms with E-state index in [1.807, 2.05) is 29.6 Å². The van der Waals surface area contributed by atoms with E-state index < -0.39 is 39.6 Å². The maximum absolute atomic E-state index is 13.6. The van der Waals surface area contributed by atoms with E-state index in [9.17, 15) is 46.8 Å². The number of amides is 3. The SMILES string of the molecule is NC1=NC2C(CSC2CCCCC(=O)CCCCCC(=O)Cc2cc(CC(=O)CCCCCC(=O)CCCCC3SCC4NC(N)=NC43)cc(C(=O)NCCOCc3cn(CCOCCOCCOCCOCCC(=O)ON4C(=O)CC(S(=O)(=O)O)C4=O)nn3)c2)N1. The summed E-state index contributed by atoms with van der Waals surface area (Å²) < 4.78 is 60.7. The third-order valence-electron chi connectivity index (χ3n) is 16.2. The number of ether oxygens (including phenoxy) is 5. The van der Waals surface area contributed by atoms with Gasteiger partial charge < -0.3 is 55.9 Å². The Balaban J connectivity index is 0.730. The van der Waals surface area contributed by atoms with E-state index in [0.29, 0.717) is 135 Å². The van der Waals surface area contributed by atoms with Crippen molar-refractivity contribution in [3.8, 4) is 0 Å². The number of unbranched alkanes of at least 4 members (excludes halogenated alkanes) is 6. The maximum atomic E-state index is 13.6. The lowest BCUT2D eigenvalue weighted by molar-refractivity contribution is -0.198. The molecule has 1 aromatic heterocycles. The molecule has 0 bridgehead atoms. The number of nitrogens with two attached hydrogens (primary N) is 2. The molecule has 8 N–H and O–H groups in total. The van der Waals surface area contributed by atoms with Crippen LogP contribution in [0.15, 0.2) is 34.4 Å². The van der Waals surface area contributed by atoms with Crippen LogP contribution < -0.4 is 27.4 Å². The number of guanidine groups is 2. The molecule has 92 heavy (non-hydrogen) atoms. The van der Waals surface area contributed by atoms with Gasteiger partial charge in [-0.1, -0.05) is 37.0 Å². The van der Waals surface area contributed by atoms with Crippen LogP contribution in [-0.4, -0.2) is 209 Å². The second-order valence-electron chi connectivity index (χ2n) is 23.6. The van der Waals surface area contributed by atoms with E-state index in [2.05, 4.69) is 41.1 Å². The maximum Gasteiger partial charge on any atom is 0.335 e. The second-order valence-corrected chi connectivity index (χ2v) is 27.7. The Morgan fingerprint density at radius 1 is 0.620 bits per heavy atom. The summed E-state index contributed by atoms with van der Waals surface area (Å²) in [5.74, 6) is -0.176. The predicted octanol–water partition coefficient (Wildman–Crippen LogP) is 3.08. The molecule has 5 aliphatic rings. The number of thioether (sulfide) groups is 2. The van der Waals surface area contributed by atoms with Crippen molar-refractivity contribution in [1.29, 1.82) is 0 Å². The van der Waals surface area contributed by atoms with Crippen molar-refractivity contribution >= 4 is 92.4 Å². The molecule has 3 saturated heterocycles. The zero-order valence-corrected chi connectivity index (χ0v) is 54.8. The first-order valence-corrected chi connectivity index (χ1v) is 35.7. The fraction of sp³-hybridized carbons (Fsp3) is 0.705. The van der Waals surface area contributed by atoms with Crippen LogP contribution in [0.25, 0.3) is 0 Å². The number of aliphatic imine (C=N–C) groups is 2. The summed E-state index contributed by atoms with van der Waals surface area (Å²) in [6.45, 7) is 2.68. The van der Waals surface area contributed by atoms with Crippen LogP contribution in [0, 0.1) is 0 Å². The Bertz CT molecular complexity index is 2870. The molecule has 0 radical (unpaired) electrons. The quantitative estimate of drug-likeness (QED) is 0.0315. The molecule has 31 heteroatoms. The first-order chi connectivity index (χ1) is 44.4. The van der Waals surface area contributed by atoms with Gasteiger partial charge in [0.2, 0.25) is 0 Å². The van der Waals surface area contributed by atoms with Gasteiger partial charge in [-0.2, -0.15) is 31.9 Å². The van der Waals surface area contributed by atoms with Gasteiger partial charge in [0.05, 0.1) is 116 Å². The highest BCUT2D eigenvalue weighted by molar-refractivity contribution is 8.00. The molecule has 6 heterocycles. The Morgan fingerprint density at radius 2 is 1.11 bits per heavy atom. The van der Waals surface area contributed by atoms with Crippen molar-refractivity contribution in [3.63, 3.8) is 0 Å². The van der Waals surface area contributed by atoms with E-state index in [4.69, 9.17) is 39.7 Å². The van der Waals surface area contributed by atoms with Crippen LogP contribution >= 0.6 is 23.5 Å². The highest BCUT2D eigenvalue weighted by atomic mass is 32.2. The number of fused-ring (bicyclic) bond motifs is 2. The molecule has 7 atom stereocenters. The third-order valence-corrected chi connectivity index (χ3v) is 20.2. The summed E-state index contributed by atoms with van der Waals surface area (Å²) >= 11 is 3.86. The van der Waals surface area contributed by atoms with E-state index in [1.165, 1.54) is 0 Å². The number of hydrogen-bond donors (Lipinski definition) is 6. The molecule has 28 nitrogen and oxygen atoms in total. The number of benzene rings is 1. The van der Waals surface area contributed by atoms with Crippen molar-refractivity contribution in [1.82, 2.24) is 36.0 Å². The largest absolute Gasteiger partial charge is 0.378 e. The average Bonchev–Trinajstić information content (AvgIpc) is 1.71. The van der Waals surface area contributed by atoms with Gasteiger partial charge in [0, 0.05) is 85.5 Å². The Hall–Kier alpha value is -5.93. The summed E-state index contributed by atoms with van der Waals surface area (Å²) in [6, 6.07) is 6.34.